The standard InChI is InChI=1S/C13H20O3/c1-3-4-5-8-12(15)9-6-7-10-13(16)11(2)14/h11-16H,3-5,8H2,1-2H3/t11-,12?,13-/m0/s1. The van der Waals surface area contributed by atoms with Crippen LogP contribution in [0.4, 0.5) is 0 Å². The molecule has 0 aliphatic carbocycles. The van der Waals surface area contributed by atoms with E-state index in [2.05, 4.69) is 30.6 Å². The van der Waals surface area contributed by atoms with Crippen molar-refractivity contribution < 1.29 is 15.3 Å². The summed E-state index contributed by atoms with van der Waals surface area (Å²) in [5.41, 5.74) is 0. The highest BCUT2D eigenvalue weighted by molar-refractivity contribution is 5.28. The van der Waals surface area contributed by atoms with Crippen LogP contribution in [0, 0.1) is 23.7 Å². The molecule has 0 aromatic rings. The van der Waals surface area contributed by atoms with Crippen LogP contribution in [0.3, 0.4) is 0 Å². The Morgan fingerprint density at radius 3 is 2.19 bits per heavy atom. The van der Waals surface area contributed by atoms with Crippen LogP contribution in [-0.2, 0) is 0 Å². The predicted molar refractivity (Wildman–Crippen MR) is 63.4 cm³/mol. The molecule has 1 unspecified atom stereocenters. The van der Waals surface area contributed by atoms with Gasteiger partial charge in [-0.05, 0) is 31.6 Å². The fourth-order valence-corrected chi connectivity index (χ4v) is 1.01. The van der Waals surface area contributed by atoms with E-state index in [9.17, 15) is 5.11 Å². The summed E-state index contributed by atoms with van der Waals surface area (Å²) in [7, 11) is 0. The van der Waals surface area contributed by atoms with Gasteiger partial charge in [0.15, 0.2) is 0 Å². The maximum Gasteiger partial charge on any atom is 0.141 e. The normalized spacial score (nSPS) is 15.1. The number of hydrogen-bond donors (Lipinski definition) is 3. The van der Waals surface area contributed by atoms with Gasteiger partial charge < -0.3 is 15.3 Å². The van der Waals surface area contributed by atoms with Gasteiger partial charge in [-0.1, -0.05) is 31.6 Å². The first-order chi connectivity index (χ1) is 7.57. The van der Waals surface area contributed by atoms with E-state index in [0.29, 0.717) is 6.42 Å². The first-order valence-electron chi connectivity index (χ1n) is 5.63. The Hall–Kier alpha value is -1.00. The number of hydrogen-bond acceptors (Lipinski definition) is 3. The average Bonchev–Trinajstić information content (AvgIpc) is 2.24. The third-order valence-electron chi connectivity index (χ3n) is 2.06. The summed E-state index contributed by atoms with van der Waals surface area (Å²) in [5, 5.41) is 27.4. The molecule has 0 saturated carbocycles. The summed E-state index contributed by atoms with van der Waals surface area (Å²) in [6, 6.07) is 0. The van der Waals surface area contributed by atoms with Crippen molar-refractivity contribution in [1.29, 1.82) is 0 Å². The molecule has 3 atom stereocenters. The van der Waals surface area contributed by atoms with Gasteiger partial charge in [0.25, 0.3) is 0 Å². The van der Waals surface area contributed by atoms with Crippen molar-refractivity contribution in [2.75, 3.05) is 0 Å². The van der Waals surface area contributed by atoms with Crippen LogP contribution in [-0.4, -0.2) is 33.6 Å². The molecule has 0 rings (SSSR count). The molecule has 0 radical (unpaired) electrons. The van der Waals surface area contributed by atoms with Gasteiger partial charge in [0, 0.05) is 0 Å². The van der Waals surface area contributed by atoms with Crippen LogP contribution < -0.4 is 0 Å². The molecule has 0 fully saturated rings. The largest absolute Gasteiger partial charge is 0.390 e. The van der Waals surface area contributed by atoms with Crippen LogP contribution in [0.5, 0.6) is 0 Å². The quantitative estimate of drug-likeness (QED) is 0.475. The SMILES string of the molecule is CCCCCC(O)C#CC#C[C@H](O)[C@H](C)O. The number of aliphatic hydroxyl groups is 3. The Labute approximate surface area is 97.5 Å². The van der Waals surface area contributed by atoms with Crippen molar-refractivity contribution in [1.82, 2.24) is 0 Å². The number of rotatable bonds is 5. The van der Waals surface area contributed by atoms with Gasteiger partial charge in [-0.2, -0.15) is 0 Å². The molecular weight excluding hydrogens is 204 g/mol. The van der Waals surface area contributed by atoms with E-state index in [-0.39, 0.29) is 0 Å². The highest BCUT2D eigenvalue weighted by atomic mass is 16.3. The Balaban J connectivity index is 3.90. The average molecular weight is 224 g/mol. The minimum Gasteiger partial charge on any atom is -0.390 e. The maximum atomic E-state index is 9.40. The van der Waals surface area contributed by atoms with Crippen molar-refractivity contribution >= 4 is 0 Å². The Bertz CT molecular complexity index is 288. The lowest BCUT2D eigenvalue weighted by Gasteiger charge is -2.03. The lowest BCUT2D eigenvalue weighted by atomic mass is 10.1. The minimum atomic E-state index is -1.08. The van der Waals surface area contributed by atoms with Crippen LogP contribution in [0.25, 0.3) is 0 Å². The molecule has 90 valence electrons. The fraction of sp³-hybridized carbons (Fsp3) is 0.692. The zero-order chi connectivity index (χ0) is 12.4. The molecule has 0 spiro atoms. The zero-order valence-corrected chi connectivity index (χ0v) is 9.90. The van der Waals surface area contributed by atoms with Gasteiger partial charge >= 0.3 is 0 Å². The molecule has 16 heavy (non-hydrogen) atoms. The van der Waals surface area contributed by atoms with E-state index in [4.69, 9.17) is 10.2 Å². The van der Waals surface area contributed by atoms with Crippen molar-refractivity contribution in [2.24, 2.45) is 0 Å². The van der Waals surface area contributed by atoms with Crippen LogP contribution in [0.1, 0.15) is 39.5 Å². The highest BCUT2D eigenvalue weighted by Crippen LogP contribution is 2.01. The number of unbranched alkanes of at least 4 members (excludes halogenated alkanes) is 2. The van der Waals surface area contributed by atoms with Gasteiger partial charge in [-0.3, -0.25) is 0 Å². The van der Waals surface area contributed by atoms with Gasteiger partial charge in [-0.25, -0.2) is 0 Å². The summed E-state index contributed by atoms with van der Waals surface area (Å²) in [4.78, 5) is 0. The Kier molecular flexibility index (Phi) is 8.66. The molecule has 0 amide bonds. The van der Waals surface area contributed by atoms with Crippen molar-refractivity contribution in [3.8, 4) is 23.7 Å². The first-order valence-corrected chi connectivity index (χ1v) is 5.63. The smallest absolute Gasteiger partial charge is 0.141 e. The predicted octanol–water partition coefficient (Wildman–Crippen LogP) is 0.676. The number of aliphatic hydroxyl groups excluding tert-OH is 3. The van der Waals surface area contributed by atoms with Gasteiger partial charge in [0.05, 0.1) is 6.10 Å². The van der Waals surface area contributed by atoms with Crippen molar-refractivity contribution in [3.05, 3.63) is 0 Å². The fourth-order valence-electron chi connectivity index (χ4n) is 1.01. The van der Waals surface area contributed by atoms with Crippen molar-refractivity contribution in [2.45, 2.75) is 57.8 Å². The maximum absolute atomic E-state index is 9.40. The molecular formula is C13H20O3. The molecule has 3 heteroatoms. The summed E-state index contributed by atoms with van der Waals surface area (Å²) in [6.45, 7) is 3.55. The second-order valence-corrected chi connectivity index (χ2v) is 3.74. The zero-order valence-electron chi connectivity index (χ0n) is 9.90. The third kappa shape index (κ3) is 8.32. The summed E-state index contributed by atoms with van der Waals surface area (Å²) in [5.74, 6) is 9.82. The van der Waals surface area contributed by atoms with Gasteiger partial charge in [0.2, 0.25) is 0 Å². The molecule has 0 aromatic carbocycles. The van der Waals surface area contributed by atoms with E-state index in [1.54, 1.807) is 0 Å². The van der Waals surface area contributed by atoms with Gasteiger partial charge in [0.1, 0.15) is 12.2 Å². The molecule has 3 nitrogen and oxygen atoms in total. The Morgan fingerprint density at radius 1 is 1.00 bits per heavy atom. The molecule has 0 bridgehead atoms. The molecule has 3 N–H and O–H groups in total. The molecule has 0 aliphatic heterocycles. The van der Waals surface area contributed by atoms with Crippen molar-refractivity contribution in [3.63, 3.8) is 0 Å². The third-order valence-corrected chi connectivity index (χ3v) is 2.06. The van der Waals surface area contributed by atoms with E-state index in [1.807, 2.05) is 0 Å². The molecule has 0 heterocycles. The minimum absolute atomic E-state index is 0.649. The molecule has 0 aromatic heterocycles. The Morgan fingerprint density at radius 2 is 1.62 bits per heavy atom. The second kappa shape index (κ2) is 9.24. The van der Waals surface area contributed by atoms with Gasteiger partial charge in [-0.15, -0.1) is 0 Å². The summed E-state index contributed by atoms with van der Waals surface area (Å²) >= 11 is 0. The van der Waals surface area contributed by atoms with Crippen LogP contribution in [0.2, 0.25) is 0 Å². The van der Waals surface area contributed by atoms with E-state index in [0.717, 1.165) is 19.3 Å². The lowest BCUT2D eigenvalue weighted by Crippen LogP contribution is -2.19. The second-order valence-electron chi connectivity index (χ2n) is 3.74. The first kappa shape index (κ1) is 15.0. The summed E-state index contributed by atoms with van der Waals surface area (Å²) in [6.07, 6.45) is 1.20. The van der Waals surface area contributed by atoms with E-state index in [1.165, 1.54) is 6.92 Å². The van der Waals surface area contributed by atoms with E-state index >= 15 is 0 Å². The van der Waals surface area contributed by atoms with E-state index < -0.39 is 18.3 Å². The monoisotopic (exact) mass is 224 g/mol. The summed E-state index contributed by atoms with van der Waals surface area (Å²) < 4.78 is 0. The molecule has 0 saturated heterocycles. The molecule has 0 aliphatic rings. The lowest BCUT2D eigenvalue weighted by molar-refractivity contribution is 0.0678. The van der Waals surface area contributed by atoms with Crippen LogP contribution >= 0.6 is 0 Å². The van der Waals surface area contributed by atoms with Crippen LogP contribution in [0.15, 0.2) is 0 Å². The highest BCUT2D eigenvalue weighted by Gasteiger charge is 2.04. The topological polar surface area (TPSA) is 60.7 Å².